The maximum absolute atomic E-state index is 11.9. The van der Waals surface area contributed by atoms with E-state index in [0.717, 1.165) is 19.3 Å². The molecule has 1 aliphatic carbocycles. The second kappa shape index (κ2) is 5.34. The van der Waals surface area contributed by atoms with Gasteiger partial charge in [-0.3, -0.25) is 0 Å². The Kier molecular flexibility index (Phi) is 3.96. The summed E-state index contributed by atoms with van der Waals surface area (Å²) >= 11 is 0. The highest BCUT2D eigenvalue weighted by Crippen LogP contribution is 2.29. The summed E-state index contributed by atoms with van der Waals surface area (Å²) in [4.78, 5) is 11.9. The smallest absolute Gasteiger partial charge is 0.354 e. The van der Waals surface area contributed by atoms with Gasteiger partial charge in [0.25, 0.3) is 0 Å². The normalized spacial score (nSPS) is 15.5. The summed E-state index contributed by atoms with van der Waals surface area (Å²) in [6, 6.07) is 1.28. The Morgan fingerprint density at radius 2 is 2.21 bits per heavy atom. The number of ether oxygens (including phenoxy) is 1. The third-order valence-corrected chi connectivity index (χ3v) is 3.90. The lowest BCUT2D eigenvalue weighted by Gasteiger charge is -2.07. The minimum Gasteiger partial charge on any atom is -0.461 e. The standard InChI is InChI=1S/C12H18N2O4S/c1-2-5-14-7-10(19(13,16)17)6-11(14)12(15)18-8-9-3-4-9/h6-7,9H,2-5,8H2,1H3,(H2,13,16,17). The Bertz CT molecular complexity index is 573. The number of hydrogen-bond donors (Lipinski definition) is 1. The molecule has 0 amide bonds. The quantitative estimate of drug-likeness (QED) is 0.793. The summed E-state index contributed by atoms with van der Waals surface area (Å²) in [5.41, 5.74) is 0.242. The van der Waals surface area contributed by atoms with Crippen molar-refractivity contribution in [3.8, 4) is 0 Å². The summed E-state index contributed by atoms with van der Waals surface area (Å²) in [7, 11) is -3.80. The lowest BCUT2D eigenvalue weighted by atomic mass is 10.4. The van der Waals surface area contributed by atoms with Crippen molar-refractivity contribution in [2.75, 3.05) is 6.61 Å². The highest BCUT2D eigenvalue weighted by molar-refractivity contribution is 7.89. The molecule has 19 heavy (non-hydrogen) atoms. The second-order valence-electron chi connectivity index (χ2n) is 4.84. The van der Waals surface area contributed by atoms with Crippen molar-refractivity contribution in [2.45, 2.75) is 37.6 Å². The molecule has 2 N–H and O–H groups in total. The first-order chi connectivity index (χ1) is 8.91. The molecule has 1 aliphatic rings. The summed E-state index contributed by atoms with van der Waals surface area (Å²) in [6.07, 6.45) is 4.34. The highest BCUT2D eigenvalue weighted by atomic mass is 32.2. The van der Waals surface area contributed by atoms with E-state index in [1.54, 1.807) is 4.57 Å². The minimum atomic E-state index is -3.80. The lowest BCUT2D eigenvalue weighted by molar-refractivity contribution is 0.0473. The largest absolute Gasteiger partial charge is 0.461 e. The van der Waals surface area contributed by atoms with Crippen molar-refractivity contribution in [1.82, 2.24) is 4.57 Å². The van der Waals surface area contributed by atoms with Gasteiger partial charge in [0.05, 0.1) is 6.61 Å². The molecule has 0 bridgehead atoms. The average Bonchev–Trinajstić information content (AvgIpc) is 3.04. The number of primary sulfonamides is 1. The molecule has 2 rings (SSSR count). The molecule has 0 atom stereocenters. The summed E-state index contributed by atoms with van der Waals surface area (Å²) < 4.78 is 29.4. The maximum Gasteiger partial charge on any atom is 0.354 e. The van der Waals surface area contributed by atoms with Crippen LogP contribution in [0, 0.1) is 5.92 Å². The van der Waals surface area contributed by atoms with Crippen molar-refractivity contribution < 1.29 is 17.9 Å². The zero-order valence-electron chi connectivity index (χ0n) is 10.8. The van der Waals surface area contributed by atoms with Crippen LogP contribution in [0.2, 0.25) is 0 Å². The predicted molar refractivity (Wildman–Crippen MR) is 69.1 cm³/mol. The van der Waals surface area contributed by atoms with E-state index in [1.807, 2.05) is 6.92 Å². The molecule has 0 aromatic carbocycles. The monoisotopic (exact) mass is 286 g/mol. The van der Waals surface area contributed by atoms with E-state index >= 15 is 0 Å². The number of rotatable bonds is 6. The molecular formula is C12H18N2O4S. The topological polar surface area (TPSA) is 91.4 Å². The molecule has 0 radical (unpaired) electrons. The van der Waals surface area contributed by atoms with Crippen LogP contribution in [0.25, 0.3) is 0 Å². The molecule has 0 aliphatic heterocycles. The zero-order valence-corrected chi connectivity index (χ0v) is 11.6. The Morgan fingerprint density at radius 3 is 2.74 bits per heavy atom. The number of aromatic nitrogens is 1. The molecule has 0 unspecified atom stereocenters. The van der Waals surface area contributed by atoms with Gasteiger partial charge in [0, 0.05) is 12.7 Å². The lowest BCUT2D eigenvalue weighted by Crippen LogP contribution is -2.13. The average molecular weight is 286 g/mol. The number of esters is 1. The molecule has 1 saturated carbocycles. The number of hydrogen-bond acceptors (Lipinski definition) is 4. The summed E-state index contributed by atoms with van der Waals surface area (Å²) in [6.45, 7) is 2.89. The number of carbonyl (C=O) groups excluding carboxylic acids is 1. The molecule has 6 nitrogen and oxygen atoms in total. The molecule has 106 valence electrons. The number of sulfonamides is 1. The van der Waals surface area contributed by atoms with Gasteiger partial charge in [0.15, 0.2) is 0 Å². The van der Waals surface area contributed by atoms with Crippen LogP contribution in [0.3, 0.4) is 0 Å². The van der Waals surface area contributed by atoms with Gasteiger partial charge < -0.3 is 9.30 Å². The van der Waals surface area contributed by atoms with E-state index < -0.39 is 16.0 Å². The van der Waals surface area contributed by atoms with Crippen LogP contribution in [0.5, 0.6) is 0 Å². The molecule has 0 saturated heterocycles. The zero-order chi connectivity index (χ0) is 14.0. The van der Waals surface area contributed by atoms with Gasteiger partial charge in [-0.2, -0.15) is 0 Å². The van der Waals surface area contributed by atoms with Crippen LogP contribution in [-0.4, -0.2) is 25.6 Å². The summed E-state index contributed by atoms with van der Waals surface area (Å²) in [5, 5.41) is 5.07. The first-order valence-corrected chi connectivity index (χ1v) is 7.86. The van der Waals surface area contributed by atoms with E-state index in [1.165, 1.54) is 12.3 Å². The van der Waals surface area contributed by atoms with Gasteiger partial charge >= 0.3 is 5.97 Å². The first kappa shape index (κ1) is 14.1. The Hall–Kier alpha value is -1.34. The van der Waals surface area contributed by atoms with Crippen LogP contribution in [0.4, 0.5) is 0 Å². The molecule has 1 aromatic heterocycles. The van der Waals surface area contributed by atoms with E-state index in [-0.39, 0.29) is 10.6 Å². The van der Waals surface area contributed by atoms with Crippen molar-refractivity contribution in [2.24, 2.45) is 11.1 Å². The highest BCUT2D eigenvalue weighted by Gasteiger charge is 2.25. The molecule has 1 fully saturated rings. The van der Waals surface area contributed by atoms with Gasteiger partial charge in [0.1, 0.15) is 10.6 Å². The molecule has 1 heterocycles. The number of aryl methyl sites for hydroxylation is 1. The van der Waals surface area contributed by atoms with Crippen LogP contribution in [0.1, 0.15) is 36.7 Å². The maximum atomic E-state index is 11.9. The van der Waals surface area contributed by atoms with Crippen LogP contribution < -0.4 is 5.14 Å². The van der Waals surface area contributed by atoms with E-state index in [0.29, 0.717) is 19.1 Å². The summed E-state index contributed by atoms with van der Waals surface area (Å²) in [5.74, 6) is -0.0218. The molecular weight excluding hydrogens is 268 g/mol. The molecule has 7 heteroatoms. The van der Waals surface area contributed by atoms with E-state index in [9.17, 15) is 13.2 Å². The minimum absolute atomic E-state index is 0.0562. The second-order valence-corrected chi connectivity index (χ2v) is 6.40. The van der Waals surface area contributed by atoms with Crippen molar-refractivity contribution in [1.29, 1.82) is 0 Å². The van der Waals surface area contributed by atoms with Gasteiger partial charge in [0.2, 0.25) is 10.0 Å². The van der Waals surface area contributed by atoms with Gasteiger partial charge in [-0.1, -0.05) is 6.92 Å². The van der Waals surface area contributed by atoms with Crippen LogP contribution >= 0.6 is 0 Å². The Morgan fingerprint density at radius 1 is 1.53 bits per heavy atom. The van der Waals surface area contributed by atoms with Crippen LogP contribution in [0.15, 0.2) is 17.2 Å². The molecule has 0 spiro atoms. The van der Waals surface area contributed by atoms with Gasteiger partial charge in [-0.05, 0) is 31.2 Å². The van der Waals surface area contributed by atoms with Crippen molar-refractivity contribution in [3.05, 3.63) is 18.0 Å². The van der Waals surface area contributed by atoms with E-state index in [2.05, 4.69) is 0 Å². The predicted octanol–water partition coefficient (Wildman–Crippen LogP) is 1.11. The molecule has 1 aromatic rings. The number of nitrogens with zero attached hydrogens (tertiary/aromatic N) is 1. The Balaban J connectivity index is 2.20. The van der Waals surface area contributed by atoms with Crippen LogP contribution in [-0.2, 0) is 21.3 Å². The number of carbonyl (C=O) groups is 1. The third kappa shape index (κ3) is 3.57. The Labute approximate surface area is 112 Å². The fourth-order valence-corrected chi connectivity index (χ4v) is 2.34. The van der Waals surface area contributed by atoms with Gasteiger partial charge in [-0.25, -0.2) is 18.4 Å². The third-order valence-electron chi connectivity index (χ3n) is 3.02. The fourth-order valence-electron chi connectivity index (χ4n) is 1.79. The van der Waals surface area contributed by atoms with Crippen molar-refractivity contribution >= 4 is 16.0 Å². The first-order valence-electron chi connectivity index (χ1n) is 6.32. The number of nitrogens with two attached hydrogens (primary N) is 1. The van der Waals surface area contributed by atoms with Gasteiger partial charge in [-0.15, -0.1) is 0 Å². The fraction of sp³-hybridized carbons (Fsp3) is 0.583. The SMILES string of the molecule is CCCn1cc(S(N)(=O)=O)cc1C(=O)OCC1CC1. The van der Waals surface area contributed by atoms with Crippen molar-refractivity contribution in [3.63, 3.8) is 0 Å². The van der Waals surface area contributed by atoms with E-state index in [4.69, 9.17) is 9.88 Å².